The summed E-state index contributed by atoms with van der Waals surface area (Å²) >= 11 is 6.43. The van der Waals surface area contributed by atoms with Crippen LogP contribution in [-0.4, -0.2) is 24.6 Å². The molecule has 0 radical (unpaired) electrons. The first-order valence-electron chi connectivity index (χ1n) is 9.41. The van der Waals surface area contributed by atoms with Crippen LogP contribution < -0.4 is 11.1 Å². The number of nitrogen functional groups attached to an aromatic ring is 1. The summed E-state index contributed by atoms with van der Waals surface area (Å²) in [6.45, 7) is 3.88. The summed E-state index contributed by atoms with van der Waals surface area (Å²) < 4.78 is 1.68. The molecule has 0 aliphatic heterocycles. The third-order valence-electron chi connectivity index (χ3n) is 4.87. The molecule has 1 atom stereocenters. The zero-order valence-corrected chi connectivity index (χ0v) is 17.2. The maximum Gasteiger partial charge on any atom is 0.174 e. The van der Waals surface area contributed by atoms with E-state index >= 15 is 0 Å². The number of rotatable bonds is 5. The number of nitriles is 1. The topological polar surface area (TPSA) is 118 Å². The Morgan fingerprint density at radius 1 is 1.27 bits per heavy atom. The van der Waals surface area contributed by atoms with Crippen LogP contribution in [0.4, 0.5) is 11.6 Å². The second-order valence-electron chi connectivity index (χ2n) is 6.78. The molecule has 8 nitrogen and oxygen atoms in total. The van der Waals surface area contributed by atoms with Gasteiger partial charge in [-0.3, -0.25) is 0 Å². The van der Waals surface area contributed by atoms with Crippen LogP contribution in [0.3, 0.4) is 0 Å². The van der Waals surface area contributed by atoms with E-state index in [4.69, 9.17) is 22.3 Å². The second-order valence-corrected chi connectivity index (χ2v) is 7.16. The summed E-state index contributed by atoms with van der Waals surface area (Å²) in [6, 6.07) is 11.7. The van der Waals surface area contributed by atoms with E-state index in [0.29, 0.717) is 28.6 Å². The van der Waals surface area contributed by atoms with E-state index in [9.17, 15) is 5.26 Å². The highest BCUT2D eigenvalue weighted by Gasteiger charge is 2.22. The van der Waals surface area contributed by atoms with Gasteiger partial charge in [-0.05, 0) is 13.3 Å². The molecule has 4 aromatic rings. The van der Waals surface area contributed by atoms with Crippen molar-refractivity contribution in [2.24, 2.45) is 0 Å². The average molecular weight is 419 g/mol. The minimum atomic E-state index is -0.207. The summed E-state index contributed by atoms with van der Waals surface area (Å²) in [5.74, 6) is 0.516. The van der Waals surface area contributed by atoms with Crippen molar-refractivity contribution >= 4 is 28.9 Å². The summed E-state index contributed by atoms with van der Waals surface area (Å²) in [6.07, 6.45) is 3.96. The summed E-state index contributed by atoms with van der Waals surface area (Å²) in [7, 11) is 0. The van der Waals surface area contributed by atoms with E-state index in [0.717, 1.165) is 16.8 Å². The molecule has 0 bridgehead atoms. The van der Waals surface area contributed by atoms with Gasteiger partial charge in [-0.25, -0.2) is 19.5 Å². The maximum atomic E-state index is 9.47. The first kappa shape index (κ1) is 19.6. The average Bonchev–Trinajstić information content (AvgIpc) is 3.04. The molecule has 0 saturated heterocycles. The molecule has 4 rings (SSSR count). The first-order chi connectivity index (χ1) is 14.5. The number of hydrogen-bond donors (Lipinski definition) is 2. The number of nitrogens with one attached hydrogen (secondary N) is 1. The normalized spacial score (nSPS) is 11.9. The van der Waals surface area contributed by atoms with E-state index in [-0.39, 0.29) is 17.4 Å². The van der Waals surface area contributed by atoms with Crippen molar-refractivity contribution < 1.29 is 0 Å². The summed E-state index contributed by atoms with van der Waals surface area (Å²) in [5, 5.41) is 17.8. The molecule has 150 valence electrons. The van der Waals surface area contributed by atoms with Gasteiger partial charge in [-0.2, -0.15) is 10.4 Å². The highest BCUT2D eigenvalue weighted by molar-refractivity contribution is 6.34. The summed E-state index contributed by atoms with van der Waals surface area (Å²) in [5.41, 5.74) is 9.99. The van der Waals surface area contributed by atoms with Crippen molar-refractivity contribution in [3.05, 3.63) is 64.7 Å². The third kappa shape index (κ3) is 3.40. The van der Waals surface area contributed by atoms with Gasteiger partial charge in [0.05, 0.1) is 17.4 Å². The van der Waals surface area contributed by atoms with E-state index in [1.807, 2.05) is 50.4 Å². The Balaban J connectivity index is 1.89. The quantitative estimate of drug-likeness (QED) is 0.499. The molecule has 3 heterocycles. The molecule has 0 fully saturated rings. The number of halogens is 1. The highest BCUT2D eigenvalue weighted by Crippen LogP contribution is 2.33. The fraction of sp³-hybridized carbons (Fsp3) is 0.190. The molecule has 3 aromatic heterocycles. The maximum absolute atomic E-state index is 9.47. The van der Waals surface area contributed by atoms with Crippen molar-refractivity contribution in [3.63, 3.8) is 0 Å². The molecule has 30 heavy (non-hydrogen) atoms. The van der Waals surface area contributed by atoms with Crippen molar-refractivity contribution in [3.8, 4) is 17.3 Å². The molecule has 0 aliphatic carbocycles. The molecular weight excluding hydrogens is 400 g/mol. The monoisotopic (exact) mass is 418 g/mol. The van der Waals surface area contributed by atoms with Crippen LogP contribution in [0.5, 0.6) is 0 Å². The molecule has 3 N–H and O–H groups in total. The van der Waals surface area contributed by atoms with Gasteiger partial charge < -0.3 is 11.1 Å². The lowest BCUT2D eigenvalue weighted by molar-refractivity contribution is 0.728. The fourth-order valence-electron chi connectivity index (χ4n) is 3.33. The Morgan fingerprint density at radius 2 is 2.03 bits per heavy atom. The number of aromatic nitrogens is 5. The Kier molecular flexibility index (Phi) is 5.21. The van der Waals surface area contributed by atoms with Gasteiger partial charge in [0, 0.05) is 17.3 Å². The largest absolute Gasteiger partial charge is 0.382 e. The lowest BCUT2D eigenvalue weighted by Gasteiger charge is -2.21. The van der Waals surface area contributed by atoms with Crippen LogP contribution in [0.2, 0.25) is 5.02 Å². The van der Waals surface area contributed by atoms with Crippen LogP contribution in [-0.2, 0) is 0 Å². The fourth-order valence-corrected chi connectivity index (χ4v) is 3.50. The Bertz CT molecular complexity index is 1260. The minimum Gasteiger partial charge on any atom is -0.382 e. The van der Waals surface area contributed by atoms with Crippen molar-refractivity contribution in [1.82, 2.24) is 24.6 Å². The lowest BCUT2D eigenvalue weighted by atomic mass is 9.99. The van der Waals surface area contributed by atoms with Crippen LogP contribution in [0, 0.1) is 18.3 Å². The molecule has 9 heteroatoms. The number of benzene rings is 1. The van der Waals surface area contributed by atoms with Gasteiger partial charge in [0.25, 0.3) is 0 Å². The predicted octanol–water partition coefficient (Wildman–Crippen LogP) is 4.17. The standard InChI is InChI=1S/C21H19ClN8/c1-3-16(27-20-14(9-23)19(24)25-11-26-20)15-10-30-21(17(22)12(2)29-30)28-18(15)13-7-5-4-6-8-13/h4-8,10-11,16H,3H2,1-2H3,(H3,24,25,26,27)/t16-/m0/s1. The zero-order valence-electron chi connectivity index (χ0n) is 16.5. The molecule has 0 spiro atoms. The number of hydrogen-bond acceptors (Lipinski definition) is 7. The van der Waals surface area contributed by atoms with E-state index in [1.165, 1.54) is 6.33 Å². The van der Waals surface area contributed by atoms with Crippen molar-refractivity contribution in [2.45, 2.75) is 26.3 Å². The lowest BCUT2D eigenvalue weighted by Crippen LogP contribution is -2.16. The molecular formula is C21H19ClN8. The molecule has 0 unspecified atom stereocenters. The predicted molar refractivity (Wildman–Crippen MR) is 116 cm³/mol. The zero-order chi connectivity index (χ0) is 21.3. The van der Waals surface area contributed by atoms with Gasteiger partial charge in [-0.15, -0.1) is 0 Å². The van der Waals surface area contributed by atoms with Crippen molar-refractivity contribution in [2.75, 3.05) is 11.1 Å². The second kappa shape index (κ2) is 7.97. The van der Waals surface area contributed by atoms with Crippen LogP contribution in [0.25, 0.3) is 16.9 Å². The Hall–Kier alpha value is -3.70. The number of aryl methyl sites for hydroxylation is 1. The van der Waals surface area contributed by atoms with Crippen molar-refractivity contribution in [1.29, 1.82) is 5.26 Å². The van der Waals surface area contributed by atoms with Gasteiger partial charge in [0.2, 0.25) is 0 Å². The molecule has 0 saturated carbocycles. The van der Waals surface area contributed by atoms with Gasteiger partial charge in [0.15, 0.2) is 5.65 Å². The smallest absolute Gasteiger partial charge is 0.174 e. The van der Waals surface area contributed by atoms with E-state index in [2.05, 4.69) is 26.5 Å². The van der Waals surface area contributed by atoms with Crippen LogP contribution in [0.15, 0.2) is 42.9 Å². The van der Waals surface area contributed by atoms with E-state index in [1.54, 1.807) is 4.52 Å². The number of anilines is 2. The summed E-state index contributed by atoms with van der Waals surface area (Å²) in [4.78, 5) is 13.0. The molecule has 1 aromatic carbocycles. The number of nitrogens with two attached hydrogens (primary N) is 1. The highest BCUT2D eigenvalue weighted by atomic mass is 35.5. The Morgan fingerprint density at radius 3 is 2.73 bits per heavy atom. The minimum absolute atomic E-state index is 0.135. The van der Waals surface area contributed by atoms with Crippen LogP contribution in [0.1, 0.15) is 36.2 Å². The number of fused-ring (bicyclic) bond motifs is 1. The Labute approximate surface area is 178 Å². The van der Waals surface area contributed by atoms with Gasteiger partial charge in [0.1, 0.15) is 34.6 Å². The third-order valence-corrected chi connectivity index (χ3v) is 5.31. The SMILES string of the molecule is CC[C@H](Nc1ncnc(N)c1C#N)c1cn2nc(C)c(Cl)c2nc1-c1ccccc1. The molecule has 0 amide bonds. The van der Waals surface area contributed by atoms with Gasteiger partial charge >= 0.3 is 0 Å². The number of nitrogens with zero attached hydrogens (tertiary/aromatic N) is 6. The first-order valence-corrected chi connectivity index (χ1v) is 9.79. The molecule has 0 aliphatic rings. The van der Waals surface area contributed by atoms with Gasteiger partial charge in [-0.1, -0.05) is 48.9 Å². The van der Waals surface area contributed by atoms with E-state index < -0.39 is 0 Å². The van der Waals surface area contributed by atoms with Crippen LogP contribution >= 0.6 is 11.6 Å².